The maximum atomic E-state index is 13.5. The number of H-pyrrole nitrogens is 1. The Balaban J connectivity index is 2.65. The second-order valence-corrected chi connectivity index (χ2v) is 4.24. The van der Waals surface area contributed by atoms with Crippen LogP contribution < -0.4 is 10.3 Å². The molecule has 1 aromatic carbocycles. The van der Waals surface area contributed by atoms with Crippen LogP contribution in [-0.2, 0) is 0 Å². The first-order valence-electron chi connectivity index (χ1n) is 5.80. The van der Waals surface area contributed by atoms with E-state index in [0.717, 1.165) is 18.2 Å². The third kappa shape index (κ3) is 3.23. The third-order valence-electron chi connectivity index (χ3n) is 2.69. The van der Waals surface area contributed by atoms with Crippen molar-refractivity contribution in [3.63, 3.8) is 0 Å². The summed E-state index contributed by atoms with van der Waals surface area (Å²) in [7, 11) is 0. The average molecular weight is 294 g/mol. The second kappa shape index (κ2) is 5.71. The quantitative estimate of drug-likeness (QED) is 0.946. The molecular weight excluding hydrogens is 285 g/mol. The highest BCUT2D eigenvalue weighted by atomic mass is 19.3. The smallest absolute Gasteiger partial charge is 0.387 e. The van der Waals surface area contributed by atoms with Crippen molar-refractivity contribution in [1.29, 1.82) is 5.26 Å². The Hall–Kier alpha value is -2.75. The lowest BCUT2D eigenvalue weighted by molar-refractivity contribution is -0.0499. The van der Waals surface area contributed by atoms with E-state index in [2.05, 4.69) is 9.72 Å². The summed E-state index contributed by atoms with van der Waals surface area (Å²) in [5.41, 5.74) is -0.148. The monoisotopic (exact) mass is 294 g/mol. The van der Waals surface area contributed by atoms with Crippen molar-refractivity contribution >= 4 is 0 Å². The van der Waals surface area contributed by atoms with Gasteiger partial charge in [-0.1, -0.05) is 0 Å². The number of hydrogen-bond donors (Lipinski definition) is 1. The molecule has 1 aromatic heterocycles. The maximum Gasteiger partial charge on any atom is 0.387 e. The van der Waals surface area contributed by atoms with Crippen molar-refractivity contribution in [2.75, 3.05) is 0 Å². The average Bonchev–Trinajstić information content (AvgIpc) is 2.36. The van der Waals surface area contributed by atoms with Gasteiger partial charge >= 0.3 is 6.61 Å². The highest BCUT2D eigenvalue weighted by molar-refractivity contribution is 5.71. The first-order chi connectivity index (χ1) is 9.90. The number of nitriles is 1. The number of rotatable bonds is 3. The van der Waals surface area contributed by atoms with Crippen LogP contribution >= 0.6 is 0 Å². The van der Waals surface area contributed by atoms with Gasteiger partial charge in [-0.2, -0.15) is 14.0 Å². The van der Waals surface area contributed by atoms with E-state index in [1.54, 1.807) is 13.0 Å². The molecule has 0 bridgehead atoms. The number of aryl methyl sites for hydroxylation is 1. The number of benzene rings is 1. The van der Waals surface area contributed by atoms with Crippen LogP contribution in [0.3, 0.4) is 0 Å². The minimum Gasteiger partial charge on any atom is -0.435 e. The topological polar surface area (TPSA) is 65.9 Å². The molecule has 0 spiro atoms. The number of aromatic nitrogens is 1. The zero-order valence-corrected chi connectivity index (χ0v) is 10.8. The fourth-order valence-electron chi connectivity index (χ4n) is 1.92. The first-order valence-corrected chi connectivity index (χ1v) is 5.80. The standard InChI is InChI=1S/C14H9F3N2O2/c1-7-2-11(12(6-18)13(20)19-7)8-3-9(15)5-10(4-8)21-14(16)17/h2-5,14H,1H3,(H,19,20). The summed E-state index contributed by atoms with van der Waals surface area (Å²) in [6.07, 6.45) is 0. The van der Waals surface area contributed by atoms with Gasteiger partial charge in [0, 0.05) is 17.3 Å². The van der Waals surface area contributed by atoms with Gasteiger partial charge in [-0.3, -0.25) is 4.79 Å². The second-order valence-electron chi connectivity index (χ2n) is 4.24. The minimum absolute atomic E-state index is 0.108. The van der Waals surface area contributed by atoms with Crippen molar-refractivity contribution < 1.29 is 17.9 Å². The molecule has 0 radical (unpaired) electrons. The summed E-state index contributed by atoms with van der Waals surface area (Å²) in [5.74, 6) is -1.20. The predicted octanol–water partition coefficient (Wildman–Crippen LogP) is 2.96. The van der Waals surface area contributed by atoms with Gasteiger partial charge in [0.05, 0.1) is 0 Å². The number of hydrogen-bond acceptors (Lipinski definition) is 3. The number of aromatic amines is 1. The van der Waals surface area contributed by atoms with Crippen LogP contribution in [-0.4, -0.2) is 11.6 Å². The molecule has 0 aliphatic carbocycles. The Bertz CT molecular complexity index is 779. The molecule has 7 heteroatoms. The van der Waals surface area contributed by atoms with Gasteiger partial charge < -0.3 is 9.72 Å². The van der Waals surface area contributed by atoms with E-state index in [1.165, 1.54) is 6.07 Å². The molecule has 2 aromatic rings. The van der Waals surface area contributed by atoms with Gasteiger partial charge in [0.15, 0.2) is 0 Å². The Morgan fingerprint density at radius 1 is 1.29 bits per heavy atom. The van der Waals surface area contributed by atoms with Crippen LogP contribution in [0.25, 0.3) is 11.1 Å². The molecule has 0 fully saturated rings. The van der Waals surface area contributed by atoms with Crippen molar-refractivity contribution in [3.05, 3.63) is 51.7 Å². The zero-order chi connectivity index (χ0) is 15.6. The van der Waals surface area contributed by atoms with Crippen molar-refractivity contribution in [3.8, 4) is 22.9 Å². The summed E-state index contributed by atoms with van der Waals surface area (Å²) in [6, 6.07) is 6.14. The molecule has 0 unspecified atom stereocenters. The van der Waals surface area contributed by atoms with E-state index in [9.17, 15) is 18.0 Å². The molecule has 1 heterocycles. The van der Waals surface area contributed by atoms with E-state index in [0.29, 0.717) is 5.69 Å². The summed E-state index contributed by atoms with van der Waals surface area (Å²) >= 11 is 0. The van der Waals surface area contributed by atoms with E-state index in [1.807, 2.05) is 0 Å². The lowest BCUT2D eigenvalue weighted by atomic mass is 10.0. The number of pyridine rings is 1. The van der Waals surface area contributed by atoms with Crippen molar-refractivity contribution in [1.82, 2.24) is 4.98 Å². The highest BCUT2D eigenvalue weighted by Crippen LogP contribution is 2.28. The van der Waals surface area contributed by atoms with Crippen LogP contribution in [0.2, 0.25) is 0 Å². The normalized spacial score (nSPS) is 10.5. The van der Waals surface area contributed by atoms with Crippen LogP contribution in [0.1, 0.15) is 11.3 Å². The summed E-state index contributed by atoms with van der Waals surface area (Å²) in [6.45, 7) is -1.52. The van der Waals surface area contributed by atoms with Crippen LogP contribution in [0, 0.1) is 24.1 Å². The Kier molecular flexibility index (Phi) is 3.98. The molecule has 2 rings (SSSR count). The van der Waals surface area contributed by atoms with Gasteiger partial charge in [0.1, 0.15) is 23.2 Å². The van der Waals surface area contributed by atoms with Crippen molar-refractivity contribution in [2.45, 2.75) is 13.5 Å². The molecule has 0 saturated carbocycles. The fraction of sp³-hybridized carbons (Fsp3) is 0.143. The Morgan fingerprint density at radius 2 is 2.00 bits per heavy atom. The number of nitrogens with zero attached hydrogens (tertiary/aromatic N) is 1. The summed E-state index contributed by atoms with van der Waals surface area (Å²) < 4.78 is 42.1. The number of ether oxygens (including phenoxy) is 1. The van der Waals surface area contributed by atoms with Crippen molar-refractivity contribution in [2.24, 2.45) is 0 Å². The molecule has 0 aliphatic rings. The molecule has 0 saturated heterocycles. The van der Waals surface area contributed by atoms with Crippen LogP contribution in [0.15, 0.2) is 29.1 Å². The fourth-order valence-corrected chi connectivity index (χ4v) is 1.92. The predicted molar refractivity (Wildman–Crippen MR) is 68.5 cm³/mol. The third-order valence-corrected chi connectivity index (χ3v) is 2.69. The van der Waals surface area contributed by atoms with E-state index in [-0.39, 0.29) is 22.4 Å². The molecule has 0 atom stereocenters. The highest BCUT2D eigenvalue weighted by Gasteiger charge is 2.14. The molecule has 4 nitrogen and oxygen atoms in total. The van der Waals surface area contributed by atoms with Gasteiger partial charge in [-0.15, -0.1) is 0 Å². The lowest BCUT2D eigenvalue weighted by Gasteiger charge is -2.09. The molecule has 21 heavy (non-hydrogen) atoms. The molecule has 1 N–H and O–H groups in total. The maximum absolute atomic E-state index is 13.5. The molecular formula is C14H9F3N2O2. The van der Waals surface area contributed by atoms with Gasteiger partial charge in [0.2, 0.25) is 0 Å². The van der Waals surface area contributed by atoms with Crippen LogP contribution in [0.5, 0.6) is 5.75 Å². The number of halogens is 3. The lowest BCUT2D eigenvalue weighted by Crippen LogP contribution is -2.12. The number of alkyl halides is 2. The minimum atomic E-state index is -3.10. The number of nitrogens with one attached hydrogen (secondary N) is 1. The molecule has 0 amide bonds. The van der Waals surface area contributed by atoms with E-state index < -0.39 is 18.0 Å². The summed E-state index contributed by atoms with van der Waals surface area (Å²) in [4.78, 5) is 14.1. The van der Waals surface area contributed by atoms with Crippen LogP contribution in [0.4, 0.5) is 13.2 Å². The SMILES string of the molecule is Cc1cc(-c2cc(F)cc(OC(F)F)c2)c(C#N)c(=O)[nH]1. The zero-order valence-electron chi connectivity index (χ0n) is 10.8. The first kappa shape index (κ1) is 14.7. The van der Waals surface area contributed by atoms with E-state index >= 15 is 0 Å². The van der Waals surface area contributed by atoms with Gasteiger partial charge in [-0.05, 0) is 30.7 Å². The van der Waals surface area contributed by atoms with E-state index in [4.69, 9.17) is 5.26 Å². The Morgan fingerprint density at radius 3 is 2.62 bits per heavy atom. The molecule has 108 valence electrons. The summed E-state index contributed by atoms with van der Waals surface area (Å²) in [5, 5.41) is 9.02. The Labute approximate surface area is 117 Å². The van der Waals surface area contributed by atoms with Gasteiger partial charge in [-0.25, -0.2) is 4.39 Å². The van der Waals surface area contributed by atoms with Gasteiger partial charge in [0.25, 0.3) is 5.56 Å². The molecule has 0 aliphatic heterocycles. The largest absolute Gasteiger partial charge is 0.435 e.